The quantitative estimate of drug-likeness (QED) is 0.0785. The van der Waals surface area contributed by atoms with Crippen LogP contribution in [0, 0.1) is 12.7 Å². The fourth-order valence-corrected chi connectivity index (χ4v) is 8.31. The van der Waals surface area contributed by atoms with Crippen LogP contribution in [0.2, 0.25) is 0 Å². The number of nitrogens with zero attached hydrogens (tertiary/aromatic N) is 2. The lowest BCUT2D eigenvalue weighted by molar-refractivity contribution is -0.172. The molecule has 7 rings (SSSR count). The topological polar surface area (TPSA) is 299 Å². The lowest BCUT2D eigenvalue weighted by atomic mass is 9.81. The van der Waals surface area contributed by atoms with E-state index in [1.165, 1.54) is 36.6 Å². The van der Waals surface area contributed by atoms with Crippen LogP contribution in [0.1, 0.15) is 85.0 Å². The number of alkyl carbamates (subject to hydrolysis) is 1. The van der Waals surface area contributed by atoms with Gasteiger partial charge in [-0.25, -0.2) is 23.8 Å². The molecular formula is C43H45FN8O12. The maximum atomic E-state index is 15.3. The Balaban J connectivity index is 1.04. The van der Waals surface area contributed by atoms with Gasteiger partial charge in [0.15, 0.2) is 5.60 Å². The van der Waals surface area contributed by atoms with Crippen molar-refractivity contribution in [1.29, 1.82) is 0 Å². The SMILES string of the molecule is CC[C@@]1(O)C(=O)OCc2c1cc1n(c2=O)Cc2c-1nc1cc(F)c(C)c3c1c2[C@@H](NC(=O)OCc1ccc(NC(=O)C(CC(N)=O)NC(=O)C(C)NC(=O)C(C)NC(=O)O)cc1)CC3. The van der Waals surface area contributed by atoms with Crippen LogP contribution in [0.4, 0.5) is 19.7 Å². The molecule has 64 heavy (non-hydrogen) atoms. The zero-order valence-electron chi connectivity index (χ0n) is 35.0. The van der Waals surface area contributed by atoms with Crippen LogP contribution in [-0.2, 0) is 65.2 Å². The normalized spacial score (nSPS) is 18.2. The maximum absolute atomic E-state index is 15.3. The molecule has 2 aromatic heterocycles. The van der Waals surface area contributed by atoms with Crippen molar-refractivity contribution in [3.8, 4) is 11.4 Å². The first-order valence-electron chi connectivity index (χ1n) is 20.3. The predicted octanol–water partition coefficient (Wildman–Crippen LogP) is 1.90. The van der Waals surface area contributed by atoms with E-state index in [0.29, 0.717) is 57.4 Å². The largest absolute Gasteiger partial charge is 0.465 e. The highest BCUT2D eigenvalue weighted by atomic mass is 19.1. The van der Waals surface area contributed by atoms with E-state index in [0.717, 1.165) is 5.56 Å². The number of carboxylic acid groups (broad SMARTS) is 1. The standard InChI is InChI=1S/C43H45FN8O12/c1-5-43(62)26-12-31-35-24(15-52(31)39(57)25(26)17-63-40(43)58)34-28(11-10-23-18(2)27(44)13-29(49-35)33(23)34)51-42(61)64-16-21-6-8-22(9-7-21)48-38(56)30(14-32(45)53)50-37(55)19(3)46-36(54)20(4)47-41(59)60/h6-9,12-13,19-20,28,30,47,62H,5,10-11,14-17H2,1-4H3,(H2,45,53)(H,46,54)(H,48,56)(H,50,55)(H,51,61)(H,59,60)/t19?,20?,28-,30?,43-/m0/s1. The van der Waals surface area contributed by atoms with Crippen molar-refractivity contribution in [2.75, 3.05) is 5.32 Å². The summed E-state index contributed by atoms with van der Waals surface area (Å²) in [5.74, 6) is -4.69. The number of nitrogens with one attached hydrogen (secondary N) is 5. The molecule has 0 spiro atoms. The predicted molar refractivity (Wildman–Crippen MR) is 223 cm³/mol. The number of hydrogen-bond donors (Lipinski definition) is 8. The van der Waals surface area contributed by atoms with Gasteiger partial charge in [0.05, 0.1) is 41.5 Å². The Hall–Kier alpha value is -7.42. The summed E-state index contributed by atoms with van der Waals surface area (Å²) in [6, 6.07) is 4.51. The zero-order chi connectivity index (χ0) is 46.4. The number of benzene rings is 2. The van der Waals surface area contributed by atoms with Crippen LogP contribution in [0.25, 0.3) is 22.3 Å². The third kappa shape index (κ3) is 8.40. The first kappa shape index (κ1) is 44.6. The highest BCUT2D eigenvalue weighted by molar-refractivity contribution is 6.01. The van der Waals surface area contributed by atoms with Crippen molar-refractivity contribution in [1.82, 2.24) is 30.8 Å². The van der Waals surface area contributed by atoms with Crippen LogP contribution >= 0.6 is 0 Å². The Morgan fingerprint density at radius 1 is 1.00 bits per heavy atom. The van der Waals surface area contributed by atoms with Crippen molar-refractivity contribution >= 4 is 58.4 Å². The van der Waals surface area contributed by atoms with E-state index in [2.05, 4.69) is 21.3 Å². The molecule has 3 aliphatic rings. The van der Waals surface area contributed by atoms with Gasteiger partial charge in [-0.1, -0.05) is 19.1 Å². The number of aryl methyl sites for hydroxylation is 1. The highest BCUT2D eigenvalue weighted by Crippen LogP contribution is 2.46. The summed E-state index contributed by atoms with van der Waals surface area (Å²) in [5, 5.41) is 32.9. The molecule has 0 radical (unpaired) electrons. The van der Waals surface area contributed by atoms with Crippen LogP contribution in [0.3, 0.4) is 0 Å². The molecule has 4 aromatic rings. The lowest BCUT2D eigenvalue weighted by Gasteiger charge is -2.31. The van der Waals surface area contributed by atoms with Gasteiger partial charge < -0.3 is 56.6 Å². The number of cyclic esters (lactones) is 1. The van der Waals surface area contributed by atoms with Gasteiger partial charge in [0.25, 0.3) is 5.56 Å². The number of hydrogen-bond acceptors (Lipinski definition) is 12. The first-order valence-corrected chi connectivity index (χ1v) is 20.3. The van der Waals surface area contributed by atoms with Crippen molar-refractivity contribution < 1.29 is 57.6 Å². The minimum Gasteiger partial charge on any atom is -0.465 e. The van der Waals surface area contributed by atoms with Gasteiger partial charge in [-0.2, -0.15) is 0 Å². The first-order chi connectivity index (χ1) is 30.3. The van der Waals surface area contributed by atoms with Gasteiger partial charge in [-0.05, 0) is 80.5 Å². The molecule has 2 aliphatic heterocycles. The van der Waals surface area contributed by atoms with Crippen molar-refractivity contribution in [3.05, 3.63) is 91.5 Å². The number of fused-ring (bicyclic) bond motifs is 5. The third-order valence-electron chi connectivity index (χ3n) is 11.8. The molecule has 0 bridgehead atoms. The number of primary amides is 1. The van der Waals surface area contributed by atoms with Gasteiger partial charge in [0.2, 0.25) is 23.6 Å². The number of ether oxygens (including phenoxy) is 2. The molecule has 336 valence electrons. The smallest absolute Gasteiger partial charge is 0.407 e. The average molecular weight is 885 g/mol. The minimum absolute atomic E-state index is 0.0451. The molecule has 4 heterocycles. The van der Waals surface area contributed by atoms with Crippen molar-refractivity contribution in [2.24, 2.45) is 5.73 Å². The number of anilines is 1. The van der Waals surface area contributed by atoms with E-state index in [1.54, 1.807) is 32.0 Å². The van der Waals surface area contributed by atoms with Gasteiger partial charge in [-0.3, -0.25) is 24.0 Å². The molecule has 3 unspecified atom stereocenters. The molecule has 21 heteroatoms. The van der Waals surface area contributed by atoms with Gasteiger partial charge >= 0.3 is 18.2 Å². The summed E-state index contributed by atoms with van der Waals surface area (Å²) in [6.45, 7) is 5.38. The molecule has 9 N–H and O–H groups in total. The van der Waals surface area contributed by atoms with E-state index < -0.39 is 89.4 Å². The molecule has 6 amide bonds. The Bertz CT molecular complexity index is 2720. The number of aromatic nitrogens is 2. The number of aliphatic hydroxyl groups is 1. The Morgan fingerprint density at radius 3 is 2.36 bits per heavy atom. The number of carbonyl (C=O) groups is 7. The molecule has 0 saturated heterocycles. The molecule has 2 aromatic carbocycles. The second kappa shape index (κ2) is 17.4. The minimum atomic E-state index is -2.05. The maximum Gasteiger partial charge on any atom is 0.407 e. The lowest BCUT2D eigenvalue weighted by Crippen LogP contribution is -2.55. The summed E-state index contributed by atoms with van der Waals surface area (Å²) in [5.41, 5.74) is 7.28. The van der Waals surface area contributed by atoms with E-state index >= 15 is 4.39 Å². The monoisotopic (exact) mass is 884 g/mol. The van der Waals surface area contributed by atoms with Crippen LogP contribution in [0.15, 0.2) is 41.2 Å². The number of amides is 6. The number of nitrogens with two attached hydrogens (primary N) is 1. The molecular weight excluding hydrogens is 840 g/mol. The second-order valence-electron chi connectivity index (χ2n) is 15.9. The summed E-state index contributed by atoms with van der Waals surface area (Å²) in [4.78, 5) is 106. The van der Waals surface area contributed by atoms with Crippen molar-refractivity contribution in [3.63, 3.8) is 0 Å². The summed E-state index contributed by atoms with van der Waals surface area (Å²) >= 11 is 0. The molecule has 1 aliphatic carbocycles. The molecule has 20 nitrogen and oxygen atoms in total. The van der Waals surface area contributed by atoms with E-state index in [9.17, 15) is 43.5 Å². The molecule has 0 fully saturated rings. The van der Waals surface area contributed by atoms with Gasteiger partial charge in [0, 0.05) is 28.3 Å². The second-order valence-corrected chi connectivity index (χ2v) is 15.9. The van der Waals surface area contributed by atoms with E-state index in [-0.39, 0.29) is 43.0 Å². The third-order valence-corrected chi connectivity index (χ3v) is 11.8. The number of esters is 1. The van der Waals surface area contributed by atoms with Gasteiger partial charge in [-0.15, -0.1) is 0 Å². The Labute approximate surface area is 363 Å². The fraction of sp³-hybridized carbons (Fsp3) is 0.372. The Morgan fingerprint density at radius 2 is 1.69 bits per heavy atom. The zero-order valence-corrected chi connectivity index (χ0v) is 35.0. The summed E-state index contributed by atoms with van der Waals surface area (Å²) in [6.07, 6.45) is -2.09. The summed E-state index contributed by atoms with van der Waals surface area (Å²) in [7, 11) is 0. The van der Waals surface area contributed by atoms with Crippen molar-refractivity contribution in [2.45, 2.75) is 103 Å². The number of rotatable bonds is 13. The van der Waals surface area contributed by atoms with Gasteiger partial charge in [0.1, 0.15) is 37.2 Å². The van der Waals surface area contributed by atoms with Crippen LogP contribution in [-0.4, -0.2) is 79.7 Å². The Kier molecular flexibility index (Phi) is 12.1. The number of carbonyl (C=O) groups excluding carboxylic acids is 6. The number of pyridine rings is 2. The highest BCUT2D eigenvalue weighted by Gasteiger charge is 2.46. The van der Waals surface area contributed by atoms with Crippen LogP contribution < -0.4 is 37.9 Å². The van der Waals surface area contributed by atoms with E-state index in [1.807, 2.05) is 5.32 Å². The number of halogens is 1. The molecule has 0 saturated carbocycles. The average Bonchev–Trinajstić information content (AvgIpc) is 3.62. The van der Waals surface area contributed by atoms with E-state index in [4.69, 9.17) is 25.3 Å². The summed E-state index contributed by atoms with van der Waals surface area (Å²) < 4.78 is 27.6. The molecule has 5 atom stereocenters. The fourth-order valence-electron chi connectivity index (χ4n) is 8.31. The van der Waals surface area contributed by atoms with Crippen LogP contribution in [0.5, 0.6) is 0 Å².